The summed E-state index contributed by atoms with van der Waals surface area (Å²) in [7, 11) is 0.741. The third kappa shape index (κ3) is 43.1. The zero-order chi connectivity index (χ0) is 5.41. The van der Waals surface area contributed by atoms with Gasteiger partial charge in [0.1, 0.15) is 0 Å². The number of rotatable bonds is 1. The van der Waals surface area contributed by atoms with E-state index in [1.165, 1.54) is 67.7 Å². The van der Waals surface area contributed by atoms with E-state index in [-0.39, 0.29) is 90.6 Å². The second-order valence-electron chi connectivity index (χ2n) is 2.00. The van der Waals surface area contributed by atoms with Gasteiger partial charge in [0, 0.05) is 90.6 Å². The molecule has 0 saturated carbocycles. The zero-order valence-corrected chi connectivity index (χ0v) is 46.2. The van der Waals surface area contributed by atoms with Gasteiger partial charge in [0.05, 0.1) is 0 Å². The SMILES string of the molecule is [Al].[Rb][Rb].[Rb][Rb][Rb][Rb].[Sb].[Sb].[Sb]. The van der Waals surface area contributed by atoms with Gasteiger partial charge in [-0.2, -0.15) is 0 Å². The molecule has 0 aliphatic carbocycles. The summed E-state index contributed by atoms with van der Waals surface area (Å²) in [4.78, 5) is 0. The van der Waals surface area contributed by atoms with Crippen LogP contribution >= 0.6 is 0 Å². The molecule has 24 valence electrons. The van der Waals surface area contributed by atoms with Gasteiger partial charge >= 0.3 is 154 Å². The fourth-order valence-corrected chi connectivity index (χ4v) is 0. The van der Waals surface area contributed by atoms with Crippen molar-refractivity contribution in [1.82, 2.24) is 0 Å². The third-order valence-corrected chi connectivity index (χ3v) is 1220. The molecule has 0 spiro atoms. The molecule has 0 aromatic rings. The van der Waals surface area contributed by atoms with Crippen molar-refractivity contribution in [2.24, 2.45) is 0 Å². The van der Waals surface area contributed by atoms with Crippen LogP contribution in [0.15, 0.2) is 0 Å². The molecular weight excluding hydrogens is 905 g/mol. The summed E-state index contributed by atoms with van der Waals surface area (Å²) in [5.41, 5.74) is 0. The van der Waals surface area contributed by atoms with Gasteiger partial charge in [-0.3, -0.25) is 0 Å². The maximum atomic E-state index is 1.37. The first-order chi connectivity index (χ1) is 2.91. The molecule has 0 amide bonds. The van der Waals surface area contributed by atoms with Crippen LogP contribution < -0.4 is 0 Å². The summed E-state index contributed by atoms with van der Waals surface area (Å²) in [5, 5.41) is 0. The Morgan fingerprint density at radius 1 is 0.700 bits per heavy atom. The Balaban J connectivity index is -0.00000000625. The van der Waals surface area contributed by atoms with E-state index in [0.717, 1.165) is 67.7 Å². The van der Waals surface area contributed by atoms with Crippen molar-refractivity contribution in [3.63, 3.8) is 0 Å². The predicted molar refractivity (Wildman–Crippen MR) is 57.5 cm³/mol. The molecule has 0 aliphatic rings. The van der Waals surface area contributed by atoms with Gasteiger partial charge in [-0.05, 0) is 0 Å². The van der Waals surface area contributed by atoms with E-state index in [2.05, 4.69) is 0 Å². The van der Waals surface area contributed by atoms with E-state index in [1.807, 2.05) is 0 Å². The second kappa shape index (κ2) is 43.4. The van der Waals surface area contributed by atoms with Crippen LogP contribution in [0.1, 0.15) is 0 Å². The molecule has 0 N–H and O–H groups in total. The van der Waals surface area contributed by atoms with Gasteiger partial charge in [0.15, 0.2) is 0 Å². The van der Waals surface area contributed by atoms with Gasteiger partial charge in [-0.25, -0.2) is 0 Å². The van der Waals surface area contributed by atoms with E-state index in [0.29, 0.717) is 19.0 Å². The molecule has 0 aliphatic heterocycles. The average Bonchev–Trinajstić information content (AvgIpc) is 1.72. The number of hydrogen-bond donors (Lipinski definition) is 0. The minimum Gasteiger partial charge on any atom is 0 e. The Labute approximate surface area is 226 Å². The summed E-state index contributed by atoms with van der Waals surface area (Å²) < 4.78 is 0. The summed E-state index contributed by atoms with van der Waals surface area (Å²) in [6, 6.07) is 0. The Kier molecular flexibility index (Phi) is 170. The van der Waals surface area contributed by atoms with Crippen LogP contribution in [0.3, 0.4) is 0 Å². The minimum atomic E-state index is 0. The first kappa shape index (κ1) is 39.1. The van der Waals surface area contributed by atoms with Crippen molar-refractivity contribution < 1.29 is 0 Å². The predicted octanol–water partition coefficient (Wildman–Crippen LogP) is -3.81. The summed E-state index contributed by atoms with van der Waals surface area (Å²) in [6.07, 6.45) is 0. The monoisotopic (exact) mass is 899 g/mol. The van der Waals surface area contributed by atoms with Crippen LogP contribution in [0.5, 0.6) is 0 Å². The molecule has 22 radical (unpaired) electrons. The molecule has 0 atom stereocenters. The van der Waals surface area contributed by atoms with Crippen molar-refractivity contribution in [2.45, 2.75) is 0 Å². The first-order valence-electron chi connectivity index (χ1n) is 4.00. The molecule has 0 fully saturated rings. The van der Waals surface area contributed by atoms with Crippen LogP contribution in [0.25, 0.3) is 0 Å². The van der Waals surface area contributed by atoms with Gasteiger partial charge < -0.3 is 0 Å². The largest absolute Gasteiger partial charge is 0 e. The van der Waals surface area contributed by atoms with Crippen LogP contribution in [0.4, 0.5) is 0 Å². The molecule has 0 unspecified atom stereocenters. The topological polar surface area (TPSA) is 0 Å². The standard InChI is InChI=1S/Al.6Rb.3Sb. The Morgan fingerprint density at radius 3 is 0.800 bits per heavy atom. The molecule has 10 heavy (non-hydrogen) atoms. The van der Waals surface area contributed by atoms with Gasteiger partial charge in [0.25, 0.3) is 0 Å². The first-order valence-corrected chi connectivity index (χ1v) is 140. The summed E-state index contributed by atoms with van der Waals surface area (Å²) in [6.45, 7) is 0. The molecule has 0 bridgehead atoms. The normalized spacial score (nSPS) is 4.00. The molecule has 0 rings (SSSR count). The van der Waals surface area contributed by atoms with E-state index in [9.17, 15) is 0 Å². The fourth-order valence-electron chi connectivity index (χ4n) is 0. The van der Waals surface area contributed by atoms with Crippen LogP contribution in [0.2, 0.25) is 0 Å². The van der Waals surface area contributed by atoms with Crippen molar-refractivity contribution >= 4 is 245 Å². The molecule has 10 heteroatoms. The molecule has 0 saturated heterocycles. The van der Waals surface area contributed by atoms with Crippen LogP contribution in [-0.2, 0) is 0 Å². The Hall–Kier alpha value is 13.8. The molecular formula is AlRb6Sb3. The smallest absolute Gasteiger partial charge is 0 e. The van der Waals surface area contributed by atoms with Crippen LogP contribution in [-0.4, -0.2) is 245 Å². The molecule has 0 aromatic heterocycles. The van der Waals surface area contributed by atoms with Gasteiger partial charge in [-0.15, -0.1) is 0 Å². The van der Waals surface area contributed by atoms with Crippen molar-refractivity contribution in [1.29, 1.82) is 0 Å². The van der Waals surface area contributed by atoms with Crippen molar-refractivity contribution in [3.8, 4) is 0 Å². The van der Waals surface area contributed by atoms with Crippen LogP contribution in [0, 0.1) is 0 Å². The number of hydrogen-bond acceptors (Lipinski definition) is 0. The maximum absolute atomic E-state index is 1.37. The van der Waals surface area contributed by atoms with Gasteiger partial charge in [-0.1, -0.05) is 0 Å². The second-order valence-corrected chi connectivity index (χ2v) is 414. The molecule has 0 aromatic carbocycles. The Bertz CT molecular complexity index is 15.0. The third-order valence-electron chi connectivity index (χ3n) is 1.00. The van der Waals surface area contributed by atoms with E-state index >= 15 is 0 Å². The molecule has 0 nitrogen and oxygen atoms in total. The summed E-state index contributed by atoms with van der Waals surface area (Å²) in [5.74, 6) is 0. The van der Waals surface area contributed by atoms with E-state index < -0.39 is 0 Å². The maximum Gasteiger partial charge on any atom is 0 e. The van der Waals surface area contributed by atoms with Crippen molar-refractivity contribution in [3.05, 3.63) is 0 Å². The minimum absolute atomic E-state index is 0. The van der Waals surface area contributed by atoms with Gasteiger partial charge in [0.2, 0.25) is 0 Å². The fraction of sp³-hybridized carbons (Fsp3) is 0. The van der Waals surface area contributed by atoms with E-state index in [1.54, 1.807) is 0 Å². The molecule has 0 heterocycles. The Morgan fingerprint density at radius 2 is 0.800 bits per heavy atom. The zero-order valence-electron chi connectivity index (χ0n) is 7.92. The van der Waals surface area contributed by atoms with Crippen molar-refractivity contribution in [2.75, 3.05) is 0 Å². The average molecular weight is 905 g/mol. The quantitative estimate of drug-likeness (QED) is 0.238. The van der Waals surface area contributed by atoms with E-state index in [4.69, 9.17) is 0 Å². The summed E-state index contributed by atoms with van der Waals surface area (Å²) >= 11 is 5.06.